The minimum atomic E-state index is -4.35. The molecule has 166 valence electrons. The van der Waals surface area contributed by atoms with Crippen LogP contribution < -0.4 is 0 Å². The summed E-state index contributed by atoms with van der Waals surface area (Å²) < 4.78 is 37.5. The molecule has 0 radical (unpaired) electrons. The third-order valence-corrected chi connectivity index (χ3v) is 7.46. The molecule has 3 fully saturated rings. The quantitative estimate of drug-likeness (QED) is 0.743. The van der Waals surface area contributed by atoms with Gasteiger partial charge in [0.05, 0.1) is 18.6 Å². The highest BCUT2D eigenvalue weighted by Gasteiger charge is 2.56. The number of hydrogen-bond acceptors (Lipinski definition) is 3. The van der Waals surface area contributed by atoms with Gasteiger partial charge < -0.3 is 14.9 Å². The Balaban J connectivity index is 1.68. The van der Waals surface area contributed by atoms with Crippen molar-refractivity contribution in [2.75, 3.05) is 26.2 Å². The highest BCUT2D eigenvalue weighted by atomic mass is 19.4. The standard InChI is InChI=1S/C21H33F3N2O3/c1-2-16-6-11-25(18(28)13-16)15-20(29)10-12-26(14-19(20)7-3-4-8-19)17(27)5-9-21(22,23)24/h16,29H,2-15H2,1H3. The molecule has 0 bridgehead atoms. The van der Waals surface area contributed by atoms with Gasteiger partial charge in [0.15, 0.2) is 0 Å². The molecule has 3 rings (SSSR count). The summed E-state index contributed by atoms with van der Waals surface area (Å²) in [5, 5.41) is 11.7. The second kappa shape index (κ2) is 8.44. The van der Waals surface area contributed by atoms with Crippen molar-refractivity contribution in [3.8, 4) is 0 Å². The SMILES string of the molecule is CCC1CCN(CC2(O)CCN(C(=O)CCC(F)(F)F)CC23CCCC3)C(=O)C1. The number of aliphatic hydroxyl groups is 1. The van der Waals surface area contributed by atoms with Crippen LogP contribution in [0.5, 0.6) is 0 Å². The molecule has 1 saturated carbocycles. The maximum Gasteiger partial charge on any atom is 0.389 e. The zero-order valence-electron chi connectivity index (χ0n) is 17.3. The predicted octanol–water partition coefficient (Wildman–Crippen LogP) is 3.50. The maximum atomic E-state index is 12.6. The summed E-state index contributed by atoms with van der Waals surface area (Å²) in [6.07, 6.45) is 0.0864. The number of β-amino-alcohol motifs (C(OH)–C–C–N with tert-alkyl or cyclic N) is 1. The van der Waals surface area contributed by atoms with Crippen molar-refractivity contribution in [3.05, 3.63) is 0 Å². The van der Waals surface area contributed by atoms with Crippen LogP contribution in [0.4, 0.5) is 13.2 Å². The topological polar surface area (TPSA) is 60.9 Å². The molecule has 3 aliphatic rings. The Hall–Kier alpha value is -1.31. The summed E-state index contributed by atoms with van der Waals surface area (Å²) in [4.78, 5) is 28.2. The van der Waals surface area contributed by atoms with Crippen LogP contribution in [0.15, 0.2) is 0 Å². The first-order valence-electron chi connectivity index (χ1n) is 10.9. The Morgan fingerprint density at radius 3 is 2.48 bits per heavy atom. The van der Waals surface area contributed by atoms with Gasteiger partial charge in [0, 0.05) is 37.9 Å². The van der Waals surface area contributed by atoms with Crippen LogP contribution >= 0.6 is 0 Å². The van der Waals surface area contributed by atoms with Gasteiger partial charge in [0.25, 0.3) is 0 Å². The zero-order valence-corrected chi connectivity index (χ0v) is 17.3. The monoisotopic (exact) mass is 418 g/mol. The molecule has 8 heteroatoms. The summed E-state index contributed by atoms with van der Waals surface area (Å²) in [5.41, 5.74) is -1.61. The number of hydrogen-bond donors (Lipinski definition) is 1. The Kier molecular flexibility index (Phi) is 6.51. The third kappa shape index (κ3) is 4.89. The van der Waals surface area contributed by atoms with E-state index in [0.717, 1.165) is 38.5 Å². The molecule has 29 heavy (non-hydrogen) atoms. The fraction of sp³-hybridized carbons (Fsp3) is 0.905. The Morgan fingerprint density at radius 1 is 1.21 bits per heavy atom. The molecule has 0 aromatic rings. The number of carbonyl (C=O) groups is 2. The normalized spacial score (nSPS) is 30.2. The second-order valence-corrected chi connectivity index (χ2v) is 9.28. The van der Waals surface area contributed by atoms with E-state index in [9.17, 15) is 27.9 Å². The van der Waals surface area contributed by atoms with Crippen molar-refractivity contribution in [3.63, 3.8) is 0 Å². The smallest absolute Gasteiger partial charge is 0.387 e. The first-order chi connectivity index (χ1) is 13.6. The number of alkyl halides is 3. The van der Waals surface area contributed by atoms with E-state index in [2.05, 4.69) is 6.92 Å². The van der Waals surface area contributed by atoms with Crippen LogP contribution in [-0.2, 0) is 9.59 Å². The lowest BCUT2D eigenvalue weighted by molar-refractivity contribution is -0.172. The lowest BCUT2D eigenvalue weighted by atomic mass is 9.65. The van der Waals surface area contributed by atoms with Crippen molar-refractivity contribution >= 4 is 11.8 Å². The van der Waals surface area contributed by atoms with Gasteiger partial charge in [-0.1, -0.05) is 26.2 Å². The average Bonchev–Trinajstić information content (AvgIpc) is 3.13. The largest absolute Gasteiger partial charge is 0.389 e. The fourth-order valence-corrected chi connectivity index (χ4v) is 5.49. The molecule has 2 amide bonds. The van der Waals surface area contributed by atoms with Crippen LogP contribution in [0.25, 0.3) is 0 Å². The molecule has 0 aromatic heterocycles. The molecule has 2 atom stereocenters. The molecule has 5 nitrogen and oxygen atoms in total. The summed E-state index contributed by atoms with van der Waals surface area (Å²) in [6.45, 7) is 3.53. The van der Waals surface area contributed by atoms with E-state index in [1.54, 1.807) is 4.90 Å². The second-order valence-electron chi connectivity index (χ2n) is 9.28. The molecule has 1 spiro atoms. The molecule has 2 unspecified atom stereocenters. The third-order valence-electron chi connectivity index (χ3n) is 7.46. The van der Waals surface area contributed by atoms with Gasteiger partial charge in [-0.15, -0.1) is 0 Å². The van der Waals surface area contributed by atoms with Gasteiger partial charge in [-0.2, -0.15) is 13.2 Å². The molecule has 1 N–H and O–H groups in total. The lowest BCUT2D eigenvalue weighted by Gasteiger charge is -2.54. The van der Waals surface area contributed by atoms with Crippen LogP contribution in [0.1, 0.15) is 71.1 Å². The van der Waals surface area contributed by atoms with Gasteiger partial charge in [-0.3, -0.25) is 9.59 Å². The number of nitrogens with zero attached hydrogens (tertiary/aromatic N) is 2. The highest BCUT2D eigenvalue weighted by Crippen LogP contribution is 2.51. The lowest BCUT2D eigenvalue weighted by Crippen LogP contribution is -2.64. The van der Waals surface area contributed by atoms with Gasteiger partial charge in [-0.25, -0.2) is 0 Å². The summed E-state index contributed by atoms with van der Waals surface area (Å²) >= 11 is 0. The van der Waals surface area contributed by atoms with E-state index in [-0.39, 0.29) is 19.0 Å². The minimum absolute atomic E-state index is 0.0772. The Bertz CT molecular complexity index is 619. The number of likely N-dealkylation sites (tertiary alicyclic amines) is 2. The number of piperidine rings is 2. The van der Waals surface area contributed by atoms with Gasteiger partial charge >= 0.3 is 6.18 Å². The van der Waals surface area contributed by atoms with E-state index >= 15 is 0 Å². The van der Waals surface area contributed by atoms with Crippen LogP contribution in [0.3, 0.4) is 0 Å². The first-order valence-corrected chi connectivity index (χ1v) is 10.9. The Morgan fingerprint density at radius 2 is 1.90 bits per heavy atom. The van der Waals surface area contributed by atoms with Crippen molar-refractivity contribution in [2.24, 2.45) is 11.3 Å². The molecule has 0 aromatic carbocycles. The molecule has 2 saturated heterocycles. The van der Waals surface area contributed by atoms with Gasteiger partial charge in [0.2, 0.25) is 11.8 Å². The van der Waals surface area contributed by atoms with Crippen molar-refractivity contribution in [1.29, 1.82) is 0 Å². The highest BCUT2D eigenvalue weighted by molar-refractivity contribution is 5.77. The minimum Gasteiger partial charge on any atom is -0.387 e. The molecule has 2 heterocycles. The molecular weight excluding hydrogens is 385 g/mol. The van der Waals surface area contributed by atoms with E-state index in [0.29, 0.717) is 31.8 Å². The summed E-state index contributed by atoms with van der Waals surface area (Å²) in [6, 6.07) is 0. The molecular formula is C21H33F3N2O3. The fourth-order valence-electron chi connectivity index (χ4n) is 5.49. The van der Waals surface area contributed by atoms with E-state index in [4.69, 9.17) is 0 Å². The van der Waals surface area contributed by atoms with Gasteiger partial charge in [0.1, 0.15) is 0 Å². The van der Waals surface area contributed by atoms with Gasteiger partial charge in [-0.05, 0) is 31.6 Å². The van der Waals surface area contributed by atoms with E-state index in [1.807, 2.05) is 0 Å². The predicted molar refractivity (Wildman–Crippen MR) is 102 cm³/mol. The Labute approximate surface area is 170 Å². The number of halogens is 3. The van der Waals surface area contributed by atoms with Crippen molar-refractivity contribution in [2.45, 2.75) is 82.9 Å². The number of carbonyl (C=O) groups excluding carboxylic acids is 2. The maximum absolute atomic E-state index is 12.6. The van der Waals surface area contributed by atoms with Crippen molar-refractivity contribution in [1.82, 2.24) is 9.80 Å². The summed E-state index contributed by atoms with van der Waals surface area (Å²) in [5.74, 6) is -0.00854. The van der Waals surface area contributed by atoms with Crippen LogP contribution in [0.2, 0.25) is 0 Å². The average molecular weight is 419 g/mol. The van der Waals surface area contributed by atoms with Crippen LogP contribution in [0, 0.1) is 11.3 Å². The number of rotatable bonds is 5. The van der Waals surface area contributed by atoms with Crippen LogP contribution in [-0.4, -0.2) is 64.7 Å². The zero-order chi connectivity index (χ0) is 21.3. The molecule has 2 aliphatic heterocycles. The first kappa shape index (κ1) is 22.4. The summed E-state index contributed by atoms with van der Waals surface area (Å²) in [7, 11) is 0. The van der Waals surface area contributed by atoms with Crippen molar-refractivity contribution < 1.29 is 27.9 Å². The van der Waals surface area contributed by atoms with E-state index < -0.39 is 35.9 Å². The van der Waals surface area contributed by atoms with E-state index in [1.165, 1.54) is 4.90 Å². The number of amides is 2. The molecule has 1 aliphatic carbocycles.